The second-order valence-corrected chi connectivity index (χ2v) is 3.74. The van der Waals surface area contributed by atoms with Crippen LogP contribution >= 0.6 is 11.3 Å². The number of esters is 1. The Kier molecular flexibility index (Phi) is 3.39. The van der Waals surface area contributed by atoms with E-state index in [1.165, 1.54) is 18.4 Å². The molecule has 1 heterocycles. The zero-order chi connectivity index (χ0) is 9.84. The van der Waals surface area contributed by atoms with Crippen molar-refractivity contribution in [2.45, 2.75) is 19.4 Å². The van der Waals surface area contributed by atoms with Gasteiger partial charge in [0, 0.05) is 17.8 Å². The molecule has 1 unspecified atom stereocenters. The zero-order valence-corrected chi connectivity index (χ0v) is 8.43. The molecule has 0 saturated carbocycles. The summed E-state index contributed by atoms with van der Waals surface area (Å²) >= 11 is 1.43. The smallest absolute Gasteiger partial charge is 0.357 e. The van der Waals surface area contributed by atoms with Crippen molar-refractivity contribution in [1.82, 2.24) is 4.98 Å². The van der Waals surface area contributed by atoms with Gasteiger partial charge in [-0.05, 0) is 6.92 Å². The monoisotopic (exact) mass is 200 g/mol. The largest absolute Gasteiger partial charge is 0.464 e. The highest BCUT2D eigenvalue weighted by molar-refractivity contribution is 7.09. The summed E-state index contributed by atoms with van der Waals surface area (Å²) in [4.78, 5) is 15.1. The Morgan fingerprint density at radius 1 is 1.85 bits per heavy atom. The number of nitrogens with zero attached hydrogens (tertiary/aromatic N) is 1. The molecule has 1 atom stereocenters. The minimum Gasteiger partial charge on any atom is -0.464 e. The van der Waals surface area contributed by atoms with Crippen molar-refractivity contribution in [2.75, 3.05) is 7.11 Å². The quantitative estimate of drug-likeness (QED) is 0.734. The molecule has 5 heteroatoms. The van der Waals surface area contributed by atoms with Gasteiger partial charge in [-0.15, -0.1) is 11.3 Å². The maximum atomic E-state index is 11.0. The summed E-state index contributed by atoms with van der Waals surface area (Å²) in [6, 6.07) is 0.0663. The van der Waals surface area contributed by atoms with E-state index >= 15 is 0 Å². The number of hydrogen-bond acceptors (Lipinski definition) is 5. The highest BCUT2D eigenvalue weighted by Gasteiger charge is 2.10. The number of nitrogens with two attached hydrogens (primary N) is 1. The van der Waals surface area contributed by atoms with Crippen LogP contribution in [0, 0.1) is 0 Å². The lowest BCUT2D eigenvalue weighted by molar-refractivity contribution is 0.0594. The van der Waals surface area contributed by atoms with Crippen molar-refractivity contribution in [1.29, 1.82) is 0 Å². The van der Waals surface area contributed by atoms with Gasteiger partial charge in [-0.3, -0.25) is 0 Å². The molecule has 4 nitrogen and oxygen atoms in total. The van der Waals surface area contributed by atoms with Crippen molar-refractivity contribution in [3.05, 3.63) is 16.1 Å². The van der Waals surface area contributed by atoms with Crippen LogP contribution in [0.5, 0.6) is 0 Å². The fourth-order valence-corrected chi connectivity index (χ4v) is 1.79. The number of carbonyl (C=O) groups is 1. The zero-order valence-electron chi connectivity index (χ0n) is 7.61. The molecule has 0 aliphatic carbocycles. The molecular formula is C8H12N2O2S. The van der Waals surface area contributed by atoms with Crippen molar-refractivity contribution in [2.24, 2.45) is 5.73 Å². The van der Waals surface area contributed by atoms with Crippen molar-refractivity contribution in [3.8, 4) is 0 Å². The van der Waals surface area contributed by atoms with E-state index in [0.29, 0.717) is 12.1 Å². The Bertz CT molecular complexity index is 296. The first-order valence-corrected chi connectivity index (χ1v) is 4.79. The third-order valence-electron chi connectivity index (χ3n) is 1.44. The molecule has 0 radical (unpaired) electrons. The van der Waals surface area contributed by atoms with Crippen molar-refractivity contribution in [3.63, 3.8) is 0 Å². The van der Waals surface area contributed by atoms with Gasteiger partial charge in [-0.2, -0.15) is 0 Å². The predicted octanol–water partition coefficient (Wildman–Crippen LogP) is 0.819. The van der Waals surface area contributed by atoms with E-state index in [1.54, 1.807) is 5.38 Å². The third kappa shape index (κ3) is 2.78. The number of hydrogen-bond donors (Lipinski definition) is 1. The molecule has 0 spiro atoms. The van der Waals surface area contributed by atoms with E-state index in [1.807, 2.05) is 6.92 Å². The second-order valence-electron chi connectivity index (χ2n) is 2.80. The number of methoxy groups -OCH3 is 1. The molecule has 0 aromatic carbocycles. The van der Waals surface area contributed by atoms with E-state index in [0.717, 1.165) is 5.01 Å². The van der Waals surface area contributed by atoms with Gasteiger partial charge in [0.2, 0.25) is 0 Å². The lowest BCUT2D eigenvalue weighted by atomic mass is 10.3. The molecular weight excluding hydrogens is 188 g/mol. The Labute approximate surface area is 80.7 Å². The van der Waals surface area contributed by atoms with Crippen LogP contribution in [0.2, 0.25) is 0 Å². The van der Waals surface area contributed by atoms with E-state index in [4.69, 9.17) is 5.73 Å². The summed E-state index contributed by atoms with van der Waals surface area (Å²) in [5, 5.41) is 2.55. The summed E-state index contributed by atoms with van der Waals surface area (Å²) in [7, 11) is 1.34. The van der Waals surface area contributed by atoms with Gasteiger partial charge in [-0.25, -0.2) is 9.78 Å². The first kappa shape index (κ1) is 10.1. The average Bonchev–Trinajstić information content (AvgIpc) is 2.50. The highest BCUT2D eigenvalue weighted by Crippen LogP contribution is 2.11. The average molecular weight is 200 g/mol. The number of aromatic nitrogens is 1. The molecule has 1 rings (SSSR count). The van der Waals surface area contributed by atoms with Crippen LogP contribution in [-0.2, 0) is 11.2 Å². The lowest BCUT2D eigenvalue weighted by Crippen LogP contribution is -2.17. The third-order valence-corrected chi connectivity index (χ3v) is 2.31. The predicted molar refractivity (Wildman–Crippen MR) is 50.8 cm³/mol. The van der Waals surface area contributed by atoms with Crippen LogP contribution in [-0.4, -0.2) is 24.1 Å². The topological polar surface area (TPSA) is 65.2 Å². The van der Waals surface area contributed by atoms with Gasteiger partial charge in [0.15, 0.2) is 5.69 Å². The summed E-state index contributed by atoms with van der Waals surface area (Å²) < 4.78 is 4.53. The first-order chi connectivity index (χ1) is 6.13. The highest BCUT2D eigenvalue weighted by atomic mass is 32.1. The van der Waals surface area contributed by atoms with E-state index in [-0.39, 0.29) is 6.04 Å². The fourth-order valence-electron chi connectivity index (χ4n) is 0.878. The standard InChI is InChI=1S/C8H12N2O2S/c1-5(9)3-7-10-6(4-13-7)8(11)12-2/h4-5H,3,9H2,1-2H3. The van der Waals surface area contributed by atoms with Gasteiger partial charge in [0.1, 0.15) is 0 Å². The lowest BCUT2D eigenvalue weighted by Gasteiger charge is -1.98. The molecule has 0 bridgehead atoms. The van der Waals surface area contributed by atoms with E-state index in [2.05, 4.69) is 9.72 Å². The minimum atomic E-state index is -0.396. The van der Waals surface area contributed by atoms with Gasteiger partial charge >= 0.3 is 5.97 Å². The molecule has 1 aromatic heterocycles. The maximum Gasteiger partial charge on any atom is 0.357 e. The van der Waals surface area contributed by atoms with Crippen molar-refractivity contribution < 1.29 is 9.53 Å². The number of ether oxygens (including phenoxy) is 1. The van der Waals surface area contributed by atoms with Gasteiger partial charge in [-0.1, -0.05) is 0 Å². The summed E-state index contributed by atoms with van der Waals surface area (Å²) in [5.41, 5.74) is 5.96. The Hall–Kier alpha value is -0.940. The van der Waals surface area contributed by atoms with Crippen LogP contribution in [0.15, 0.2) is 5.38 Å². The molecule has 13 heavy (non-hydrogen) atoms. The number of thiazole rings is 1. The van der Waals surface area contributed by atoms with Crippen LogP contribution in [0.1, 0.15) is 22.4 Å². The summed E-state index contributed by atoms with van der Waals surface area (Å²) in [5.74, 6) is -0.396. The molecule has 0 saturated heterocycles. The Morgan fingerprint density at radius 3 is 3.08 bits per heavy atom. The fraction of sp³-hybridized carbons (Fsp3) is 0.500. The number of carbonyl (C=O) groups excluding carboxylic acids is 1. The van der Waals surface area contributed by atoms with Crippen LogP contribution in [0.25, 0.3) is 0 Å². The summed E-state index contributed by atoms with van der Waals surface area (Å²) in [6.45, 7) is 1.90. The summed E-state index contributed by atoms with van der Waals surface area (Å²) in [6.07, 6.45) is 0.696. The SMILES string of the molecule is COC(=O)c1csc(CC(C)N)n1. The van der Waals surface area contributed by atoms with Gasteiger partial charge in [0.05, 0.1) is 12.1 Å². The normalized spacial score (nSPS) is 12.5. The van der Waals surface area contributed by atoms with E-state index < -0.39 is 5.97 Å². The van der Waals surface area contributed by atoms with Gasteiger partial charge in [0.25, 0.3) is 0 Å². The van der Waals surface area contributed by atoms with Gasteiger partial charge < -0.3 is 10.5 Å². The molecule has 2 N–H and O–H groups in total. The Morgan fingerprint density at radius 2 is 2.54 bits per heavy atom. The molecule has 0 amide bonds. The maximum absolute atomic E-state index is 11.0. The molecule has 1 aromatic rings. The van der Waals surface area contributed by atoms with Crippen LogP contribution in [0.4, 0.5) is 0 Å². The molecule has 0 fully saturated rings. The molecule has 0 aliphatic rings. The Balaban J connectivity index is 2.69. The van der Waals surface area contributed by atoms with Crippen LogP contribution in [0.3, 0.4) is 0 Å². The first-order valence-electron chi connectivity index (χ1n) is 3.91. The van der Waals surface area contributed by atoms with E-state index in [9.17, 15) is 4.79 Å². The second kappa shape index (κ2) is 4.34. The van der Waals surface area contributed by atoms with Crippen molar-refractivity contribution >= 4 is 17.3 Å². The molecule has 0 aliphatic heterocycles. The minimum absolute atomic E-state index is 0.0663. The molecule has 72 valence electrons. The number of rotatable bonds is 3. The van der Waals surface area contributed by atoms with Crippen LogP contribution < -0.4 is 5.73 Å².